The SMILES string of the molecule is CN(c1ccc(Cl)cc1)c1nc(N(C)c2ccc(Cl)cc2)c2ccccc2n1. The number of para-hydroxylation sites is 1. The van der Waals surface area contributed by atoms with Crippen molar-refractivity contribution in [1.29, 1.82) is 0 Å². The lowest BCUT2D eigenvalue weighted by molar-refractivity contribution is 1.04. The van der Waals surface area contributed by atoms with Crippen LogP contribution in [0.2, 0.25) is 10.0 Å². The Bertz CT molecular complexity index is 1110. The summed E-state index contributed by atoms with van der Waals surface area (Å²) >= 11 is 12.1. The molecule has 4 nitrogen and oxygen atoms in total. The van der Waals surface area contributed by atoms with Crippen LogP contribution in [0.5, 0.6) is 0 Å². The molecule has 6 heteroatoms. The van der Waals surface area contributed by atoms with Crippen molar-refractivity contribution in [3.8, 4) is 0 Å². The molecule has 4 rings (SSSR count). The highest BCUT2D eigenvalue weighted by atomic mass is 35.5. The molecule has 4 aromatic rings. The molecule has 1 aromatic heterocycles. The maximum Gasteiger partial charge on any atom is 0.232 e. The zero-order valence-electron chi connectivity index (χ0n) is 15.5. The molecule has 140 valence electrons. The Morgan fingerprint density at radius 1 is 0.643 bits per heavy atom. The van der Waals surface area contributed by atoms with E-state index in [2.05, 4.69) is 0 Å². The molecule has 0 amide bonds. The van der Waals surface area contributed by atoms with Gasteiger partial charge >= 0.3 is 0 Å². The van der Waals surface area contributed by atoms with Gasteiger partial charge in [-0.15, -0.1) is 0 Å². The van der Waals surface area contributed by atoms with E-state index < -0.39 is 0 Å². The summed E-state index contributed by atoms with van der Waals surface area (Å²) in [6, 6.07) is 23.3. The molecule has 0 radical (unpaired) electrons. The van der Waals surface area contributed by atoms with Gasteiger partial charge in [0.2, 0.25) is 5.95 Å². The number of anilines is 4. The number of hydrogen-bond donors (Lipinski definition) is 0. The first-order valence-corrected chi connectivity index (χ1v) is 9.54. The van der Waals surface area contributed by atoms with Crippen molar-refractivity contribution in [2.24, 2.45) is 0 Å². The van der Waals surface area contributed by atoms with Gasteiger partial charge in [0, 0.05) is 40.9 Å². The Labute approximate surface area is 174 Å². The monoisotopic (exact) mass is 408 g/mol. The van der Waals surface area contributed by atoms with Crippen LogP contribution < -0.4 is 9.80 Å². The van der Waals surface area contributed by atoms with E-state index >= 15 is 0 Å². The highest BCUT2D eigenvalue weighted by Crippen LogP contribution is 2.32. The molecule has 0 fully saturated rings. The zero-order valence-corrected chi connectivity index (χ0v) is 17.0. The van der Waals surface area contributed by atoms with E-state index in [0.717, 1.165) is 28.1 Å². The molecular formula is C22H18Cl2N4. The lowest BCUT2D eigenvalue weighted by Crippen LogP contribution is -2.17. The first-order chi connectivity index (χ1) is 13.5. The summed E-state index contributed by atoms with van der Waals surface area (Å²) in [5.74, 6) is 1.43. The molecule has 28 heavy (non-hydrogen) atoms. The fourth-order valence-corrected chi connectivity index (χ4v) is 3.27. The lowest BCUT2D eigenvalue weighted by Gasteiger charge is -2.23. The first-order valence-electron chi connectivity index (χ1n) is 8.78. The van der Waals surface area contributed by atoms with Gasteiger partial charge in [-0.05, 0) is 60.7 Å². The minimum atomic E-state index is 0.608. The van der Waals surface area contributed by atoms with Crippen LogP contribution in [0.1, 0.15) is 0 Å². The standard InChI is InChI=1S/C22H18Cl2N4/c1-27(17-11-7-15(23)8-12-17)21-19-5-3-4-6-20(19)25-22(26-21)28(2)18-13-9-16(24)10-14-18/h3-14H,1-2H3. The maximum atomic E-state index is 6.04. The summed E-state index contributed by atoms with van der Waals surface area (Å²) in [7, 11) is 3.93. The highest BCUT2D eigenvalue weighted by Gasteiger charge is 2.16. The summed E-state index contributed by atoms with van der Waals surface area (Å²) in [5, 5.41) is 2.38. The molecule has 1 heterocycles. The predicted molar refractivity (Wildman–Crippen MR) is 119 cm³/mol. The Morgan fingerprint density at radius 2 is 1.18 bits per heavy atom. The van der Waals surface area contributed by atoms with E-state index in [4.69, 9.17) is 33.2 Å². The highest BCUT2D eigenvalue weighted by molar-refractivity contribution is 6.30. The quantitative estimate of drug-likeness (QED) is 0.387. The van der Waals surface area contributed by atoms with Crippen LogP contribution in [0.25, 0.3) is 10.9 Å². The van der Waals surface area contributed by atoms with Crippen molar-refractivity contribution in [2.45, 2.75) is 0 Å². The van der Waals surface area contributed by atoms with Crippen LogP contribution in [-0.4, -0.2) is 24.1 Å². The van der Waals surface area contributed by atoms with Crippen molar-refractivity contribution in [3.63, 3.8) is 0 Å². The molecule has 0 unspecified atom stereocenters. The number of fused-ring (bicyclic) bond motifs is 1. The lowest BCUT2D eigenvalue weighted by atomic mass is 10.2. The van der Waals surface area contributed by atoms with Crippen LogP contribution in [0.3, 0.4) is 0 Å². The Morgan fingerprint density at radius 3 is 1.79 bits per heavy atom. The molecule has 0 aliphatic heterocycles. The van der Waals surface area contributed by atoms with Crippen molar-refractivity contribution < 1.29 is 0 Å². The zero-order chi connectivity index (χ0) is 19.7. The molecule has 0 spiro atoms. The van der Waals surface area contributed by atoms with Crippen LogP contribution in [0.15, 0.2) is 72.8 Å². The largest absolute Gasteiger partial charge is 0.329 e. The third-order valence-electron chi connectivity index (χ3n) is 4.62. The predicted octanol–water partition coefficient (Wildman–Crippen LogP) is 6.47. The van der Waals surface area contributed by atoms with Gasteiger partial charge < -0.3 is 9.80 Å². The van der Waals surface area contributed by atoms with E-state index in [1.165, 1.54) is 0 Å². The molecular weight excluding hydrogens is 391 g/mol. The number of benzene rings is 3. The van der Waals surface area contributed by atoms with Gasteiger partial charge in [0.25, 0.3) is 0 Å². The second-order valence-corrected chi connectivity index (χ2v) is 7.31. The minimum Gasteiger partial charge on any atom is -0.329 e. The van der Waals surface area contributed by atoms with Crippen LogP contribution in [-0.2, 0) is 0 Å². The molecule has 0 aliphatic rings. The third kappa shape index (κ3) is 3.61. The number of rotatable bonds is 4. The summed E-state index contributed by atoms with van der Waals surface area (Å²) in [6.45, 7) is 0. The summed E-state index contributed by atoms with van der Waals surface area (Å²) in [5.41, 5.74) is 2.83. The van der Waals surface area contributed by atoms with Crippen LogP contribution in [0.4, 0.5) is 23.1 Å². The fraction of sp³-hybridized carbons (Fsp3) is 0.0909. The van der Waals surface area contributed by atoms with E-state index in [1.807, 2.05) is 96.7 Å². The van der Waals surface area contributed by atoms with Gasteiger partial charge in [0.15, 0.2) is 0 Å². The van der Waals surface area contributed by atoms with Crippen molar-refractivity contribution in [2.75, 3.05) is 23.9 Å². The van der Waals surface area contributed by atoms with Gasteiger partial charge in [-0.2, -0.15) is 4.98 Å². The molecule has 0 atom stereocenters. The van der Waals surface area contributed by atoms with Gasteiger partial charge in [0.1, 0.15) is 5.82 Å². The van der Waals surface area contributed by atoms with Crippen molar-refractivity contribution >= 4 is 57.2 Å². The number of hydrogen-bond acceptors (Lipinski definition) is 4. The molecule has 0 saturated heterocycles. The number of nitrogens with zero attached hydrogens (tertiary/aromatic N) is 4. The van der Waals surface area contributed by atoms with Gasteiger partial charge in [0.05, 0.1) is 5.52 Å². The number of halogens is 2. The normalized spacial score (nSPS) is 10.9. The van der Waals surface area contributed by atoms with Gasteiger partial charge in [-0.25, -0.2) is 4.98 Å². The molecule has 0 bridgehead atoms. The summed E-state index contributed by atoms with van der Waals surface area (Å²) in [4.78, 5) is 13.6. The molecule has 0 saturated carbocycles. The van der Waals surface area contributed by atoms with Crippen LogP contribution in [0, 0.1) is 0 Å². The van der Waals surface area contributed by atoms with E-state index in [0.29, 0.717) is 16.0 Å². The van der Waals surface area contributed by atoms with Crippen molar-refractivity contribution in [3.05, 3.63) is 82.8 Å². The van der Waals surface area contributed by atoms with Crippen LogP contribution >= 0.6 is 23.2 Å². The third-order valence-corrected chi connectivity index (χ3v) is 5.12. The Hall–Kier alpha value is -2.82. The van der Waals surface area contributed by atoms with E-state index in [9.17, 15) is 0 Å². The van der Waals surface area contributed by atoms with Gasteiger partial charge in [-0.1, -0.05) is 35.3 Å². The topological polar surface area (TPSA) is 32.3 Å². The Kier molecular flexibility index (Phi) is 5.07. The maximum absolute atomic E-state index is 6.04. The second kappa shape index (κ2) is 7.66. The molecule has 0 aliphatic carbocycles. The Balaban J connectivity index is 1.83. The average molecular weight is 409 g/mol. The first kappa shape index (κ1) is 18.5. The smallest absolute Gasteiger partial charge is 0.232 e. The molecule has 0 N–H and O–H groups in total. The van der Waals surface area contributed by atoms with E-state index in [1.54, 1.807) is 0 Å². The molecule has 3 aromatic carbocycles. The summed E-state index contributed by atoms with van der Waals surface area (Å²) < 4.78 is 0. The van der Waals surface area contributed by atoms with E-state index in [-0.39, 0.29) is 0 Å². The summed E-state index contributed by atoms with van der Waals surface area (Å²) in [6.07, 6.45) is 0. The van der Waals surface area contributed by atoms with Gasteiger partial charge in [-0.3, -0.25) is 0 Å². The second-order valence-electron chi connectivity index (χ2n) is 6.44. The number of aromatic nitrogens is 2. The van der Waals surface area contributed by atoms with Crippen molar-refractivity contribution in [1.82, 2.24) is 9.97 Å². The average Bonchev–Trinajstić information content (AvgIpc) is 2.73. The fourth-order valence-electron chi connectivity index (χ4n) is 3.02. The minimum absolute atomic E-state index is 0.608.